The standard InChI is InChI=1S/C5H11IN2/c1-2-7-3-4-8(6)5-7/h2-5H2,1H3. The van der Waals surface area contributed by atoms with Gasteiger partial charge in [-0.2, -0.15) is 0 Å². The fraction of sp³-hybridized carbons (Fsp3) is 1.00. The first-order valence-electron chi connectivity index (χ1n) is 2.96. The van der Waals surface area contributed by atoms with Gasteiger partial charge in [0.05, 0.1) is 6.67 Å². The van der Waals surface area contributed by atoms with E-state index >= 15 is 0 Å². The van der Waals surface area contributed by atoms with E-state index in [0.29, 0.717) is 0 Å². The SMILES string of the molecule is CCN1CCN(I)C1. The van der Waals surface area contributed by atoms with Crippen molar-refractivity contribution < 1.29 is 0 Å². The Hall–Kier alpha value is 0.650. The maximum atomic E-state index is 2.42. The Bertz CT molecular complexity index is 76.8. The van der Waals surface area contributed by atoms with E-state index in [9.17, 15) is 0 Å². The fourth-order valence-electron chi connectivity index (χ4n) is 0.866. The zero-order valence-corrected chi connectivity index (χ0v) is 7.26. The minimum absolute atomic E-state index is 1.15. The third kappa shape index (κ3) is 1.56. The lowest BCUT2D eigenvalue weighted by molar-refractivity contribution is 0.335. The molecule has 0 bridgehead atoms. The van der Waals surface area contributed by atoms with Crippen LogP contribution in [0, 0.1) is 0 Å². The van der Waals surface area contributed by atoms with Crippen molar-refractivity contribution in [3.8, 4) is 0 Å². The molecule has 0 aromatic carbocycles. The first-order valence-corrected chi connectivity index (χ1v) is 3.92. The van der Waals surface area contributed by atoms with E-state index in [0.717, 1.165) is 6.67 Å². The van der Waals surface area contributed by atoms with Gasteiger partial charge in [-0.1, -0.05) is 6.92 Å². The van der Waals surface area contributed by atoms with Crippen LogP contribution in [-0.4, -0.2) is 34.3 Å². The Balaban J connectivity index is 2.22. The molecule has 1 rings (SSSR count). The van der Waals surface area contributed by atoms with Gasteiger partial charge in [0.25, 0.3) is 0 Å². The molecule has 3 heteroatoms. The van der Waals surface area contributed by atoms with Crippen LogP contribution in [-0.2, 0) is 0 Å². The summed E-state index contributed by atoms with van der Waals surface area (Å²) in [6, 6.07) is 0. The smallest absolute Gasteiger partial charge is 0.0599 e. The topological polar surface area (TPSA) is 6.48 Å². The van der Waals surface area contributed by atoms with Gasteiger partial charge in [-0.25, -0.2) is 3.11 Å². The highest BCUT2D eigenvalue weighted by atomic mass is 127. The van der Waals surface area contributed by atoms with Crippen LogP contribution < -0.4 is 0 Å². The molecule has 0 spiro atoms. The van der Waals surface area contributed by atoms with E-state index in [1.807, 2.05) is 0 Å². The van der Waals surface area contributed by atoms with Gasteiger partial charge in [0, 0.05) is 36.0 Å². The van der Waals surface area contributed by atoms with Crippen LogP contribution in [0.2, 0.25) is 0 Å². The summed E-state index contributed by atoms with van der Waals surface area (Å²) in [6.45, 7) is 7.03. The van der Waals surface area contributed by atoms with Gasteiger partial charge in [0.2, 0.25) is 0 Å². The van der Waals surface area contributed by atoms with E-state index in [1.165, 1.54) is 19.6 Å². The van der Waals surface area contributed by atoms with Crippen LogP contribution in [0.4, 0.5) is 0 Å². The lowest BCUT2D eigenvalue weighted by atomic mass is 10.6. The molecule has 1 aliphatic heterocycles. The van der Waals surface area contributed by atoms with E-state index in [4.69, 9.17) is 0 Å². The predicted molar refractivity (Wildman–Crippen MR) is 42.8 cm³/mol. The monoisotopic (exact) mass is 226 g/mol. The van der Waals surface area contributed by atoms with E-state index in [1.54, 1.807) is 0 Å². The quantitative estimate of drug-likeness (QED) is 0.484. The molecule has 0 radical (unpaired) electrons. The average molecular weight is 226 g/mol. The van der Waals surface area contributed by atoms with Crippen molar-refractivity contribution in [2.24, 2.45) is 0 Å². The second-order valence-electron chi connectivity index (χ2n) is 2.04. The van der Waals surface area contributed by atoms with Crippen molar-refractivity contribution in [2.45, 2.75) is 6.92 Å². The Morgan fingerprint density at radius 2 is 2.25 bits per heavy atom. The number of hydrogen-bond acceptors (Lipinski definition) is 2. The molecule has 2 nitrogen and oxygen atoms in total. The molecule has 48 valence electrons. The van der Waals surface area contributed by atoms with Gasteiger partial charge in [0.15, 0.2) is 0 Å². The fourth-order valence-corrected chi connectivity index (χ4v) is 1.51. The van der Waals surface area contributed by atoms with Gasteiger partial charge in [-0.05, 0) is 6.54 Å². The summed E-state index contributed by atoms with van der Waals surface area (Å²) in [5.74, 6) is 0. The van der Waals surface area contributed by atoms with Crippen LogP contribution in [0.25, 0.3) is 0 Å². The van der Waals surface area contributed by atoms with E-state index in [2.05, 4.69) is 37.8 Å². The maximum absolute atomic E-state index is 2.42. The summed E-state index contributed by atoms with van der Waals surface area (Å²) < 4.78 is 2.31. The number of rotatable bonds is 1. The average Bonchev–Trinajstić information content (AvgIpc) is 2.14. The van der Waals surface area contributed by atoms with Gasteiger partial charge < -0.3 is 0 Å². The lowest BCUT2D eigenvalue weighted by Crippen LogP contribution is -2.20. The van der Waals surface area contributed by atoms with Crippen LogP contribution in [0.3, 0.4) is 0 Å². The third-order valence-corrected chi connectivity index (χ3v) is 2.25. The summed E-state index contributed by atoms with van der Waals surface area (Å²) in [6.07, 6.45) is 0. The largest absolute Gasteiger partial charge is 0.289 e. The van der Waals surface area contributed by atoms with Crippen LogP contribution in [0.15, 0.2) is 0 Å². The minimum atomic E-state index is 1.15. The van der Waals surface area contributed by atoms with Crippen molar-refractivity contribution in [1.29, 1.82) is 0 Å². The van der Waals surface area contributed by atoms with E-state index < -0.39 is 0 Å². The molecule has 1 heterocycles. The number of halogens is 1. The summed E-state index contributed by atoms with van der Waals surface area (Å²) in [4.78, 5) is 2.42. The molecule has 0 saturated carbocycles. The number of nitrogens with zero attached hydrogens (tertiary/aromatic N) is 2. The highest BCUT2D eigenvalue weighted by Gasteiger charge is 2.14. The second kappa shape index (κ2) is 2.98. The molecule has 8 heavy (non-hydrogen) atoms. The molecular formula is C5H11IN2. The number of hydrogen-bond donors (Lipinski definition) is 0. The van der Waals surface area contributed by atoms with Crippen LogP contribution in [0.1, 0.15) is 6.92 Å². The molecule has 0 amide bonds. The first kappa shape index (κ1) is 6.77. The highest BCUT2D eigenvalue weighted by Crippen LogP contribution is 2.07. The van der Waals surface area contributed by atoms with Crippen LogP contribution in [0.5, 0.6) is 0 Å². The first-order chi connectivity index (χ1) is 3.83. The Labute approximate surface area is 64.3 Å². The molecular weight excluding hydrogens is 215 g/mol. The van der Waals surface area contributed by atoms with Crippen molar-refractivity contribution in [3.63, 3.8) is 0 Å². The normalized spacial score (nSPS) is 24.8. The summed E-state index contributed by atoms with van der Waals surface area (Å²) in [5.41, 5.74) is 0. The zero-order valence-electron chi connectivity index (χ0n) is 5.10. The molecule has 0 aromatic rings. The van der Waals surface area contributed by atoms with Crippen molar-refractivity contribution in [3.05, 3.63) is 0 Å². The second-order valence-corrected chi connectivity index (χ2v) is 3.40. The molecule has 0 unspecified atom stereocenters. The van der Waals surface area contributed by atoms with Crippen molar-refractivity contribution in [1.82, 2.24) is 8.01 Å². The van der Waals surface area contributed by atoms with Crippen molar-refractivity contribution >= 4 is 22.9 Å². The van der Waals surface area contributed by atoms with Gasteiger partial charge >= 0.3 is 0 Å². The third-order valence-electron chi connectivity index (χ3n) is 1.46. The maximum Gasteiger partial charge on any atom is 0.0599 e. The molecule has 1 fully saturated rings. The molecule has 0 N–H and O–H groups in total. The Kier molecular flexibility index (Phi) is 2.52. The molecule has 1 aliphatic rings. The highest BCUT2D eigenvalue weighted by molar-refractivity contribution is 14.1. The molecule has 1 saturated heterocycles. The summed E-state index contributed by atoms with van der Waals surface area (Å²) >= 11 is 2.36. The predicted octanol–water partition coefficient (Wildman–Crippen LogP) is 0.931. The zero-order chi connectivity index (χ0) is 5.98. The molecule has 0 aliphatic carbocycles. The Morgan fingerprint density at radius 3 is 2.50 bits per heavy atom. The summed E-state index contributed by atoms with van der Waals surface area (Å²) in [7, 11) is 0. The summed E-state index contributed by atoms with van der Waals surface area (Å²) in [5, 5.41) is 0. The lowest BCUT2D eigenvalue weighted by Gasteiger charge is -2.09. The molecule has 0 aromatic heterocycles. The van der Waals surface area contributed by atoms with Crippen molar-refractivity contribution in [2.75, 3.05) is 26.3 Å². The van der Waals surface area contributed by atoms with Gasteiger partial charge in [0.1, 0.15) is 0 Å². The van der Waals surface area contributed by atoms with Gasteiger partial charge in [-0.15, -0.1) is 0 Å². The van der Waals surface area contributed by atoms with Gasteiger partial charge in [-0.3, -0.25) is 4.90 Å². The minimum Gasteiger partial charge on any atom is -0.289 e. The van der Waals surface area contributed by atoms with E-state index in [-0.39, 0.29) is 0 Å². The molecule has 0 atom stereocenters. The van der Waals surface area contributed by atoms with Crippen LogP contribution >= 0.6 is 22.9 Å². The number of likely N-dealkylation sites (N-methyl/N-ethyl adjacent to an activating group) is 1. The Morgan fingerprint density at radius 1 is 1.50 bits per heavy atom.